The molecule has 0 unspecified atom stereocenters. The third kappa shape index (κ3) is 2.85. The van der Waals surface area contributed by atoms with Crippen molar-refractivity contribution in [3.8, 4) is 0 Å². The second-order valence-corrected chi connectivity index (χ2v) is 5.73. The topological polar surface area (TPSA) is 87.2 Å². The first-order valence-electron chi connectivity index (χ1n) is 7.81. The fraction of sp³-hybridized carbons (Fsp3) is 0.0526. The number of H-pyrrole nitrogens is 1. The van der Waals surface area contributed by atoms with E-state index in [0.29, 0.717) is 23.3 Å². The number of nitroso groups, excluding NO2 is 1. The molecule has 0 aliphatic heterocycles. The minimum atomic E-state index is -0.155. The third-order valence-corrected chi connectivity index (χ3v) is 4.11. The minimum Gasteiger partial charge on any atom is -0.381 e. The van der Waals surface area contributed by atoms with Crippen LogP contribution in [-0.2, 0) is 6.54 Å². The van der Waals surface area contributed by atoms with Gasteiger partial charge in [-0.15, -0.1) is 4.91 Å². The molecule has 0 spiro atoms. The van der Waals surface area contributed by atoms with Crippen molar-refractivity contribution in [2.45, 2.75) is 6.54 Å². The molecule has 2 aromatic carbocycles. The molecule has 2 heterocycles. The van der Waals surface area contributed by atoms with Gasteiger partial charge in [-0.3, -0.25) is 4.79 Å². The number of hydrogen-bond donors (Lipinski definition) is 2. The Morgan fingerprint density at radius 1 is 1.00 bits per heavy atom. The highest BCUT2D eigenvalue weighted by Gasteiger charge is 2.06. The standard InChI is InChI=1S/C19H14N4O2/c24-19-16-7-6-13(21-11-12-3-1-4-14(9-12)23-25)10-17(16)15-5-2-8-20-18(15)22-19/h1-10,21H,11H2,(H,20,22,24). The predicted octanol–water partition coefficient (Wildman–Crippen LogP) is 4.09. The van der Waals surface area contributed by atoms with Gasteiger partial charge in [0.1, 0.15) is 11.3 Å². The number of nitrogens with one attached hydrogen (secondary N) is 2. The number of nitrogens with zero attached hydrogens (tertiary/aromatic N) is 2. The second kappa shape index (κ2) is 6.16. The molecular formula is C19H14N4O2. The predicted molar refractivity (Wildman–Crippen MR) is 99.1 cm³/mol. The molecule has 4 rings (SSSR count). The van der Waals surface area contributed by atoms with Gasteiger partial charge in [0.25, 0.3) is 5.56 Å². The summed E-state index contributed by atoms with van der Waals surface area (Å²) in [5.74, 6) is 0. The summed E-state index contributed by atoms with van der Waals surface area (Å²) in [5, 5.41) is 8.63. The van der Waals surface area contributed by atoms with Gasteiger partial charge in [0.05, 0.1) is 0 Å². The normalized spacial score (nSPS) is 10.9. The van der Waals surface area contributed by atoms with E-state index in [1.165, 1.54) is 0 Å². The number of anilines is 1. The first-order valence-corrected chi connectivity index (χ1v) is 7.81. The molecule has 0 fully saturated rings. The number of aromatic amines is 1. The summed E-state index contributed by atoms with van der Waals surface area (Å²) in [6.45, 7) is 0.550. The van der Waals surface area contributed by atoms with Gasteiger partial charge in [-0.05, 0) is 53.2 Å². The molecule has 0 atom stereocenters. The fourth-order valence-corrected chi connectivity index (χ4v) is 2.90. The van der Waals surface area contributed by atoms with E-state index in [1.54, 1.807) is 30.5 Å². The van der Waals surface area contributed by atoms with Gasteiger partial charge in [-0.25, -0.2) is 4.98 Å². The molecule has 25 heavy (non-hydrogen) atoms. The molecule has 0 radical (unpaired) electrons. The number of benzene rings is 2. The Kier molecular flexibility index (Phi) is 3.70. The Bertz CT molecular complexity index is 1150. The monoisotopic (exact) mass is 330 g/mol. The quantitative estimate of drug-likeness (QED) is 0.436. The number of hydrogen-bond acceptors (Lipinski definition) is 5. The summed E-state index contributed by atoms with van der Waals surface area (Å²) >= 11 is 0. The lowest BCUT2D eigenvalue weighted by molar-refractivity contribution is 1.15. The van der Waals surface area contributed by atoms with Crippen molar-refractivity contribution in [3.63, 3.8) is 0 Å². The minimum absolute atomic E-state index is 0.155. The van der Waals surface area contributed by atoms with Gasteiger partial charge < -0.3 is 10.3 Å². The van der Waals surface area contributed by atoms with Gasteiger partial charge in [-0.1, -0.05) is 12.1 Å². The lowest BCUT2D eigenvalue weighted by Gasteiger charge is -2.09. The molecule has 0 aliphatic rings. The lowest BCUT2D eigenvalue weighted by atomic mass is 10.1. The van der Waals surface area contributed by atoms with Gasteiger partial charge in [0, 0.05) is 34.6 Å². The zero-order valence-corrected chi connectivity index (χ0v) is 13.2. The van der Waals surface area contributed by atoms with E-state index in [1.807, 2.05) is 30.3 Å². The zero-order valence-electron chi connectivity index (χ0n) is 13.2. The molecule has 6 nitrogen and oxygen atoms in total. The molecule has 0 saturated heterocycles. The first-order chi connectivity index (χ1) is 12.2. The van der Waals surface area contributed by atoms with Crippen LogP contribution in [0.1, 0.15) is 5.56 Å². The number of pyridine rings is 2. The maximum atomic E-state index is 12.2. The molecule has 0 aliphatic carbocycles. The van der Waals surface area contributed by atoms with Gasteiger partial charge in [0.15, 0.2) is 0 Å². The van der Waals surface area contributed by atoms with Crippen LogP contribution in [0.4, 0.5) is 11.4 Å². The smallest absolute Gasteiger partial charge is 0.257 e. The van der Waals surface area contributed by atoms with Crippen LogP contribution in [-0.4, -0.2) is 9.97 Å². The van der Waals surface area contributed by atoms with E-state index in [4.69, 9.17) is 0 Å². The summed E-state index contributed by atoms with van der Waals surface area (Å²) in [6, 6.07) is 16.5. The highest BCUT2D eigenvalue weighted by Crippen LogP contribution is 2.24. The molecule has 2 N–H and O–H groups in total. The molecule has 0 bridgehead atoms. The van der Waals surface area contributed by atoms with Crippen LogP contribution >= 0.6 is 0 Å². The Balaban J connectivity index is 1.72. The number of aromatic nitrogens is 2. The fourth-order valence-electron chi connectivity index (χ4n) is 2.90. The summed E-state index contributed by atoms with van der Waals surface area (Å²) in [7, 11) is 0. The summed E-state index contributed by atoms with van der Waals surface area (Å²) in [4.78, 5) is 29.8. The number of rotatable bonds is 4. The van der Waals surface area contributed by atoms with Crippen molar-refractivity contribution >= 4 is 33.2 Å². The van der Waals surface area contributed by atoms with Crippen LogP contribution in [0.5, 0.6) is 0 Å². The Morgan fingerprint density at radius 3 is 2.80 bits per heavy atom. The molecule has 6 heteroatoms. The van der Waals surface area contributed by atoms with Crippen molar-refractivity contribution in [1.82, 2.24) is 9.97 Å². The van der Waals surface area contributed by atoms with Crippen molar-refractivity contribution in [3.05, 3.63) is 81.6 Å². The van der Waals surface area contributed by atoms with Crippen LogP contribution in [0.3, 0.4) is 0 Å². The molecule has 2 aromatic heterocycles. The molecule has 4 aromatic rings. The third-order valence-electron chi connectivity index (χ3n) is 4.11. The Morgan fingerprint density at radius 2 is 1.92 bits per heavy atom. The average Bonchev–Trinajstić information content (AvgIpc) is 2.66. The van der Waals surface area contributed by atoms with Crippen LogP contribution in [0.15, 0.2) is 70.8 Å². The average molecular weight is 330 g/mol. The lowest BCUT2D eigenvalue weighted by Crippen LogP contribution is -2.07. The maximum Gasteiger partial charge on any atom is 0.257 e. The second-order valence-electron chi connectivity index (χ2n) is 5.73. The van der Waals surface area contributed by atoms with Crippen LogP contribution in [0.25, 0.3) is 21.8 Å². The van der Waals surface area contributed by atoms with E-state index in [2.05, 4.69) is 20.5 Å². The van der Waals surface area contributed by atoms with Crippen molar-refractivity contribution in [2.24, 2.45) is 5.18 Å². The molecule has 0 saturated carbocycles. The molecular weight excluding hydrogens is 316 g/mol. The molecule has 122 valence electrons. The largest absolute Gasteiger partial charge is 0.381 e. The van der Waals surface area contributed by atoms with E-state index in [9.17, 15) is 9.70 Å². The highest BCUT2D eigenvalue weighted by atomic mass is 16.3. The van der Waals surface area contributed by atoms with Crippen molar-refractivity contribution < 1.29 is 0 Å². The first kappa shape index (κ1) is 15.0. The van der Waals surface area contributed by atoms with Crippen molar-refractivity contribution in [2.75, 3.05) is 5.32 Å². The summed E-state index contributed by atoms with van der Waals surface area (Å²) in [5.41, 5.74) is 2.66. The van der Waals surface area contributed by atoms with Crippen molar-refractivity contribution in [1.29, 1.82) is 0 Å². The highest BCUT2D eigenvalue weighted by molar-refractivity contribution is 6.05. The summed E-state index contributed by atoms with van der Waals surface area (Å²) < 4.78 is 0. The maximum absolute atomic E-state index is 12.2. The van der Waals surface area contributed by atoms with E-state index in [0.717, 1.165) is 22.0 Å². The molecule has 0 amide bonds. The van der Waals surface area contributed by atoms with Gasteiger partial charge in [-0.2, -0.15) is 0 Å². The van der Waals surface area contributed by atoms with Crippen LogP contribution in [0, 0.1) is 4.91 Å². The Labute approximate surface area is 142 Å². The SMILES string of the molecule is O=Nc1cccc(CNc2ccc3c(=O)[nH]c4ncccc4c3c2)c1. The van der Waals surface area contributed by atoms with Gasteiger partial charge >= 0.3 is 0 Å². The summed E-state index contributed by atoms with van der Waals surface area (Å²) in [6.07, 6.45) is 1.65. The number of fused-ring (bicyclic) bond motifs is 3. The van der Waals surface area contributed by atoms with E-state index >= 15 is 0 Å². The van der Waals surface area contributed by atoms with Gasteiger partial charge in [0.2, 0.25) is 0 Å². The van der Waals surface area contributed by atoms with E-state index < -0.39 is 0 Å². The van der Waals surface area contributed by atoms with E-state index in [-0.39, 0.29) is 5.56 Å². The van der Waals surface area contributed by atoms with Crippen LogP contribution in [0.2, 0.25) is 0 Å². The zero-order chi connectivity index (χ0) is 17.2. The van der Waals surface area contributed by atoms with Crippen LogP contribution < -0.4 is 10.9 Å². The Hall–Kier alpha value is -3.54.